The number of fused-ring (bicyclic) bond motifs is 7. The number of esters is 1. The van der Waals surface area contributed by atoms with Crippen LogP contribution in [0.25, 0.3) is 33.3 Å². The van der Waals surface area contributed by atoms with Gasteiger partial charge in [-0.1, -0.05) is 46.2 Å². The number of hydrazine groups is 1. The molecule has 3 N–H and O–H groups in total. The number of phenolic OH excluding ortho intramolecular Hbond substituents is 1. The minimum absolute atomic E-state index is 0.0217. The smallest absolute Gasteiger partial charge is 0.324 e. The van der Waals surface area contributed by atoms with E-state index in [-0.39, 0.29) is 42.6 Å². The van der Waals surface area contributed by atoms with Gasteiger partial charge in [0, 0.05) is 74.3 Å². The summed E-state index contributed by atoms with van der Waals surface area (Å²) in [4.78, 5) is 66.3. The summed E-state index contributed by atoms with van der Waals surface area (Å²) in [6.45, 7) is 15.0. The normalized spacial score (nSPS) is 23.5. The first-order chi connectivity index (χ1) is 31.6. The van der Waals surface area contributed by atoms with Gasteiger partial charge in [0.2, 0.25) is 11.8 Å². The van der Waals surface area contributed by atoms with E-state index in [1.54, 1.807) is 37.4 Å². The molecular formula is C52H69N7O7. The van der Waals surface area contributed by atoms with Crippen molar-refractivity contribution in [2.24, 2.45) is 17.3 Å². The molecule has 0 aliphatic carbocycles. The lowest BCUT2D eigenvalue weighted by molar-refractivity contribution is -0.155. The number of likely N-dealkylation sites (N-methyl/N-ethyl adjacent to an activating group) is 1. The molecule has 6 atom stereocenters. The highest BCUT2D eigenvalue weighted by molar-refractivity contribution is 5.96. The van der Waals surface area contributed by atoms with Crippen LogP contribution in [-0.2, 0) is 48.0 Å². The summed E-state index contributed by atoms with van der Waals surface area (Å²) in [6, 6.07) is 13.3. The molecule has 2 aromatic carbocycles. The van der Waals surface area contributed by atoms with Gasteiger partial charge in [-0.3, -0.25) is 34.1 Å². The summed E-state index contributed by atoms with van der Waals surface area (Å²) in [7, 11) is 3.39. The van der Waals surface area contributed by atoms with Gasteiger partial charge in [0.1, 0.15) is 23.9 Å². The van der Waals surface area contributed by atoms with Crippen LogP contribution in [0.2, 0.25) is 0 Å². The number of methoxy groups -OCH3 is 1. The number of ether oxygens (including phenoxy) is 2. The van der Waals surface area contributed by atoms with E-state index in [0.717, 1.165) is 70.4 Å². The second-order valence-corrected chi connectivity index (χ2v) is 20.2. The summed E-state index contributed by atoms with van der Waals surface area (Å²) in [5.41, 5.74) is 9.79. The van der Waals surface area contributed by atoms with Gasteiger partial charge in [0.15, 0.2) is 0 Å². The van der Waals surface area contributed by atoms with E-state index in [1.165, 1.54) is 11.4 Å². The number of cyclic esters (lactones) is 1. The first kappa shape index (κ1) is 47.2. The molecule has 2 aromatic heterocycles. The molecule has 0 saturated carbocycles. The number of aromatic nitrogens is 2. The van der Waals surface area contributed by atoms with Crippen LogP contribution < -0.4 is 10.7 Å². The third kappa shape index (κ3) is 9.59. The number of pyridine rings is 1. The zero-order chi connectivity index (χ0) is 47.0. The molecule has 354 valence electrons. The quantitative estimate of drug-likeness (QED) is 0.153. The molecule has 0 radical (unpaired) electrons. The largest absolute Gasteiger partial charge is 0.508 e. The predicted octanol–water partition coefficient (Wildman–Crippen LogP) is 6.81. The Morgan fingerprint density at radius 2 is 1.85 bits per heavy atom. The van der Waals surface area contributed by atoms with Gasteiger partial charge >= 0.3 is 5.97 Å². The second-order valence-electron chi connectivity index (χ2n) is 20.2. The SMILES string of the molecule is CCn1c(-c2cccnc2[C@H](C)OC)c2c3cc(ccc31)-c1cc(O)cc(c1)C[C@H](NC(=O)[C@H](C(C)C)N(C)C(=O)C1CC3CCCCN3C1)C(=O)N1CCC[C@H](N1)C(=O)OCC(C)(C)C2. The number of rotatable bonds is 9. The Kier molecular flexibility index (Phi) is 13.9. The predicted molar refractivity (Wildman–Crippen MR) is 254 cm³/mol. The van der Waals surface area contributed by atoms with Crippen molar-refractivity contribution in [3.63, 3.8) is 0 Å². The van der Waals surface area contributed by atoms with Crippen molar-refractivity contribution in [2.45, 2.75) is 130 Å². The van der Waals surface area contributed by atoms with Crippen LogP contribution in [0.5, 0.6) is 5.75 Å². The highest BCUT2D eigenvalue weighted by Crippen LogP contribution is 2.42. The number of amides is 3. The number of piperidine rings is 1. The molecule has 2 unspecified atom stereocenters. The molecule has 6 heterocycles. The van der Waals surface area contributed by atoms with Crippen LogP contribution in [0.15, 0.2) is 54.7 Å². The minimum atomic E-state index is -1.10. The zero-order valence-electron chi connectivity index (χ0n) is 40.1. The molecule has 4 aliphatic rings. The van der Waals surface area contributed by atoms with Gasteiger partial charge in [-0.05, 0) is 123 Å². The third-order valence-corrected chi connectivity index (χ3v) is 14.5. The Bertz CT molecular complexity index is 2450. The van der Waals surface area contributed by atoms with Crippen molar-refractivity contribution in [1.29, 1.82) is 0 Å². The fraction of sp³-hybridized carbons (Fsp3) is 0.558. The van der Waals surface area contributed by atoms with Crippen LogP contribution in [0.3, 0.4) is 0 Å². The van der Waals surface area contributed by atoms with Crippen molar-refractivity contribution in [2.75, 3.05) is 40.4 Å². The zero-order valence-corrected chi connectivity index (χ0v) is 40.1. The van der Waals surface area contributed by atoms with Gasteiger partial charge in [0.25, 0.3) is 5.91 Å². The number of nitrogens with one attached hydrogen (secondary N) is 2. The summed E-state index contributed by atoms with van der Waals surface area (Å²) < 4.78 is 14.3. The lowest BCUT2D eigenvalue weighted by atomic mass is 9.84. The fourth-order valence-corrected chi connectivity index (χ4v) is 11.1. The molecular weight excluding hydrogens is 835 g/mol. The molecule has 14 heteroatoms. The van der Waals surface area contributed by atoms with Gasteiger partial charge < -0.3 is 29.4 Å². The molecule has 3 amide bonds. The molecule has 4 aliphatic heterocycles. The Balaban J connectivity index is 1.19. The average Bonchev–Trinajstić information content (AvgIpc) is 3.87. The lowest BCUT2D eigenvalue weighted by Crippen LogP contribution is -2.62. The number of hydrogen-bond acceptors (Lipinski definition) is 10. The van der Waals surface area contributed by atoms with Gasteiger partial charge in [-0.2, -0.15) is 0 Å². The Labute approximate surface area is 389 Å². The minimum Gasteiger partial charge on any atom is -0.508 e. The summed E-state index contributed by atoms with van der Waals surface area (Å²) in [6.07, 6.45) is 7.32. The third-order valence-electron chi connectivity index (χ3n) is 14.5. The summed E-state index contributed by atoms with van der Waals surface area (Å²) >= 11 is 0. The summed E-state index contributed by atoms with van der Waals surface area (Å²) in [5.74, 6) is -1.78. The standard InChI is InChI=1S/C52H69N7O7/c1-9-58-44-18-17-34-27-40(44)41(47(58)39-15-12-19-53-45(39)32(4)65-8)28-52(5,6)30-66-51(64)42-16-13-21-59(55-42)50(63)43(24-33-22-35(34)26-38(60)23-33)54-48(61)46(31(2)3)56(7)49(62)36-25-37-14-10-11-20-57(37)29-36/h12,15,17-19,22-23,26-27,31-32,36-37,42-43,46,55,60H,9-11,13-14,16,20-21,24-25,28-30H2,1-8H3,(H,54,61)/t32-,36?,37?,42-,43-,46-/m0/s1. The molecule has 66 heavy (non-hydrogen) atoms. The maximum absolute atomic E-state index is 14.8. The number of nitrogens with zero attached hydrogens (tertiary/aromatic N) is 5. The lowest BCUT2D eigenvalue weighted by Gasteiger charge is -2.37. The van der Waals surface area contributed by atoms with E-state index in [4.69, 9.17) is 14.5 Å². The van der Waals surface area contributed by atoms with Crippen molar-refractivity contribution in [1.82, 2.24) is 35.1 Å². The van der Waals surface area contributed by atoms with Gasteiger partial charge in [-0.15, -0.1) is 0 Å². The second kappa shape index (κ2) is 19.5. The Morgan fingerprint density at radius 3 is 2.59 bits per heavy atom. The average molecular weight is 904 g/mol. The number of carbonyl (C=O) groups excluding carboxylic acids is 4. The first-order valence-electron chi connectivity index (χ1n) is 24.1. The van der Waals surface area contributed by atoms with E-state index in [9.17, 15) is 24.3 Å². The van der Waals surface area contributed by atoms with Crippen LogP contribution in [0, 0.1) is 17.3 Å². The van der Waals surface area contributed by atoms with Crippen LogP contribution in [-0.4, -0.2) is 118 Å². The molecule has 0 spiro atoms. The number of aromatic hydroxyl groups is 1. The Hall–Kier alpha value is -5.31. The molecule has 4 aromatic rings. The number of aryl methyl sites for hydroxylation is 1. The van der Waals surface area contributed by atoms with Gasteiger partial charge in [-0.25, -0.2) is 5.43 Å². The van der Waals surface area contributed by atoms with Crippen LogP contribution in [0.4, 0.5) is 0 Å². The van der Waals surface area contributed by atoms with E-state index in [2.05, 4.69) is 59.2 Å². The van der Waals surface area contributed by atoms with Crippen LogP contribution >= 0.6 is 0 Å². The van der Waals surface area contributed by atoms with Gasteiger partial charge in [0.05, 0.1) is 30.0 Å². The number of phenols is 1. The number of benzene rings is 2. The van der Waals surface area contributed by atoms with Crippen molar-refractivity contribution in [3.05, 3.63) is 71.5 Å². The monoisotopic (exact) mass is 904 g/mol. The van der Waals surface area contributed by atoms with Crippen molar-refractivity contribution in [3.8, 4) is 28.1 Å². The first-order valence-corrected chi connectivity index (χ1v) is 24.1. The van der Waals surface area contributed by atoms with Crippen molar-refractivity contribution >= 4 is 34.6 Å². The van der Waals surface area contributed by atoms with Crippen LogP contribution in [0.1, 0.15) is 103 Å². The fourth-order valence-electron chi connectivity index (χ4n) is 11.1. The van der Waals surface area contributed by atoms with E-state index in [0.29, 0.717) is 50.5 Å². The molecule has 3 fully saturated rings. The van der Waals surface area contributed by atoms with E-state index in [1.807, 2.05) is 39.0 Å². The highest BCUT2D eigenvalue weighted by atomic mass is 16.5. The molecule has 6 bridgehead atoms. The molecule has 8 rings (SSSR count). The topological polar surface area (TPSA) is 159 Å². The Morgan fingerprint density at radius 1 is 1.05 bits per heavy atom. The maximum Gasteiger partial charge on any atom is 0.324 e. The number of hydrogen-bond donors (Lipinski definition) is 3. The molecule has 3 saturated heterocycles. The van der Waals surface area contributed by atoms with E-state index < -0.39 is 41.3 Å². The highest BCUT2D eigenvalue weighted by Gasteiger charge is 2.42. The summed E-state index contributed by atoms with van der Waals surface area (Å²) in [5, 5.41) is 16.9. The maximum atomic E-state index is 14.8. The molecule has 14 nitrogen and oxygen atoms in total. The van der Waals surface area contributed by atoms with E-state index >= 15 is 0 Å². The van der Waals surface area contributed by atoms with Crippen molar-refractivity contribution < 1.29 is 33.8 Å². The number of carbonyl (C=O) groups is 4.